The van der Waals surface area contributed by atoms with Gasteiger partial charge in [-0.1, -0.05) is 13.3 Å². The number of piperazine rings is 1. The lowest BCUT2D eigenvalue weighted by atomic mass is 9.97. The number of rotatable bonds is 3. The van der Waals surface area contributed by atoms with Crippen molar-refractivity contribution in [1.29, 1.82) is 0 Å². The van der Waals surface area contributed by atoms with Crippen LogP contribution >= 0.6 is 0 Å². The number of fused-ring (bicyclic) bond motifs is 1. The molecule has 2 unspecified atom stereocenters. The van der Waals surface area contributed by atoms with Crippen LogP contribution in [0.2, 0.25) is 0 Å². The third-order valence-corrected chi connectivity index (χ3v) is 5.02. The van der Waals surface area contributed by atoms with Crippen molar-refractivity contribution in [1.82, 2.24) is 9.88 Å². The zero-order valence-electron chi connectivity index (χ0n) is 13.2. The Labute approximate surface area is 127 Å². The van der Waals surface area contributed by atoms with Gasteiger partial charge in [-0.25, -0.2) is 0 Å². The number of hydrogen-bond acceptors (Lipinski definition) is 4. The van der Waals surface area contributed by atoms with Crippen LogP contribution in [0.25, 0.3) is 0 Å². The fraction of sp³-hybridized carbons (Fsp3) is 0.706. The Kier molecular flexibility index (Phi) is 4.45. The maximum atomic E-state index is 9.85. The van der Waals surface area contributed by atoms with E-state index in [1.165, 1.54) is 31.5 Å². The van der Waals surface area contributed by atoms with Crippen molar-refractivity contribution in [2.75, 3.05) is 24.5 Å². The first-order valence-corrected chi connectivity index (χ1v) is 8.33. The molecule has 1 aromatic rings. The van der Waals surface area contributed by atoms with Crippen LogP contribution in [-0.4, -0.2) is 46.7 Å². The van der Waals surface area contributed by atoms with E-state index in [0.29, 0.717) is 18.5 Å². The SMILES string of the molecule is CC[C@H](O)c1ccc(N2CC3CCCCN3CC2C)cn1. The number of hydrogen-bond donors (Lipinski definition) is 1. The molecule has 3 heterocycles. The lowest BCUT2D eigenvalue weighted by molar-refractivity contribution is 0.115. The largest absolute Gasteiger partial charge is 0.387 e. The van der Waals surface area contributed by atoms with Gasteiger partial charge < -0.3 is 10.0 Å². The van der Waals surface area contributed by atoms with Gasteiger partial charge in [-0.05, 0) is 44.9 Å². The summed E-state index contributed by atoms with van der Waals surface area (Å²) in [5, 5.41) is 9.85. The minimum absolute atomic E-state index is 0.438. The highest BCUT2D eigenvalue weighted by Crippen LogP contribution is 2.28. The summed E-state index contributed by atoms with van der Waals surface area (Å²) < 4.78 is 0. The second-order valence-electron chi connectivity index (χ2n) is 6.51. The lowest BCUT2D eigenvalue weighted by Crippen LogP contribution is -2.58. The van der Waals surface area contributed by atoms with E-state index in [0.717, 1.165) is 18.8 Å². The van der Waals surface area contributed by atoms with Gasteiger partial charge in [-0.2, -0.15) is 0 Å². The van der Waals surface area contributed by atoms with E-state index >= 15 is 0 Å². The molecule has 2 saturated heterocycles. The molecule has 3 atom stereocenters. The average molecular weight is 289 g/mol. The van der Waals surface area contributed by atoms with E-state index < -0.39 is 6.10 Å². The van der Waals surface area contributed by atoms with E-state index in [4.69, 9.17) is 0 Å². The van der Waals surface area contributed by atoms with Crippen molar-refractivity contribution in [3.63, 3.8) is 0 Å². The second kappa shape index (κ2) is 6.32. The van der Waals surface area contributed by atoms with E-state index in [1.807, 2.05) is 19.2 Å². The van der Waals surface area contributed by atoms with Gasteiger partial charge in [0, 0.05) is 25.2 Å². The zero-order chi connectivity index (χ0) is 14.8. The maximum absolute atomic E-state index is 9.85. The third-order valence-electron chi connectivity index (χ3n) is 5.02. The van der Waals surface area contributed by atoms with Crippen LogP contribution in [0.1, 0.15) is 51.3 Å². The summed E-state index contributed by atoms with van der Waals surface area (Å²) in [5.74, 6) is 0. The number of pyridine rings is 1. The van der Waals surface area contributed by atoms with Crippen molar-refractivity contribution in [2.45, 2.75) is 57.7 Å². The highest BCUT2D eigenvalue weighted by molar-refractivity contribution is 5.46. The van der Waals surface area contributed by atoms with Gasteiger partial charge in [0.05, 0.1) is 23.7 Å². The van der Waals surface area contributed by atoms with Gasteiger partial charge in [-0.15, -0.1) is 0 Å². The molecule has 2 fully saturated rings. The van der Waals surface area contributed by atoms with Gasteiger partial charge >= 0.3 is 0 Å². The zero-order valence-corrected chi connectivity index (χ0v) is 13.2. The van der Waals surface area contributed by atoms with Crippen molar-refractivity contribution in [2.24, 2.45) is 0 Å². The van der Waals surface area contributed by atoms with Crippen molar-refractivity contribution in [3.8, 4) is 0 Å². The van der Waals surface area contributed by atoms with E-state index in [-0.39, 0.29) is 0 Å². The summed E-state index contributed by atoms with van der Waals surface area (Å²) in [4.78, 5) is 9.61. The van der Waals surface area contributed by atoms with E-state index in [1.54, 1.807) is 0 Å². The molecule has 0 bridgehead atoms. The number of aliphatic hydroxyl groups is 1. The Morgan fingerprint density at radius 2 is 2.19 bits per heavy atom. The Hall–Kier alpha value is -1.13. The normalized spacial score (nSPS) is 28.2. The molecule has 1 aromatic heterocycles. The van der Waals surface area contributed by atoms with Gasteiger partial charge in [0.15, 0.2) is 0 Å². The van der Waals surface area contributed by atoms with Crippen molar-refractivity contribution in [3.05, 3.63) is 24.0 Å². The van der Waals surface area contributed by atoms with Crippen LogP contribution in [0.15, 0.2) is 18.3 Å². The minimum Gasteiger partial charge on any atom is -0.387 e. The first kappa shape index (κ1) is 14.8. The fourth-order valence-electron chi connectivity index (χ4n) is 3.69. The highest BCUT2D eigenvalue weighted by Gasteiger charge is 2.33. The van der Waals surface area contributed by atoms with Crippen LogP contribution in [0.4, 0.5) is 5.69 Å². The first-order chi connectivity index (χ1) is 10.2. The molecule has 0 aromatic carbocycles. The molecule has 0 saturated carbocycles. The van der Waals surface area contributed by atoms with E-state index in [2.05, 4.69) is 27.8 Å². The minimum atomic E-state index is -0.438. The Bertz CT molecular complexity index is 462. The molecule has 0 radical (unpaired) electrons. The predicted molar refractivity (Wildman–Crippen MR) is 85.5 cm³/mol. The van der Waals surface area contributed by atoms with Gasteiger partial charge in [0.2, 0.25) is 0 Å². The summed E-state index contributed by atoms with van der Waals surface area (Å²) in [5.41, 5.74) is 1.98. The van der Waals surface area contributed by atoms with Gasteiger partial charge in [0.1, 0.15) is 0 Å². The number of aliphatic hydroxyl groups excluding tert-OH is 1. The molecule has 0 spiro atoms. The summed E-state index contributed by atoms with van der Waals surface area (Å²) in [6.07, 6.45) is 6.25. The summed E-state index contributed by atoms with van der Waals surface area (Å²) in [6.45, 7) is 7.81. The number of anilines is 1. The van der Waals surface area contributed by atoms with E-state index in [9.17, 15) is 5.11 Å². The summed E-state index contributed by atoms with van der Waals surface area (Å²) in [6, 6.07) is 5.33. The number of aromatic nitrogens is 1. The van der Waals surface area contributed by atoms with Crippen LogP contribution in [0, 0.1) is 0 Å². The molecule has 21 heavy (non-hydrogen) atoms. The van der Waals surface area contributed by atoms with Crippen molar-refractivity contribution >= 4 is 5.69 Å². The van der Waals surface area contributed by atoms with Crippen LogP contribution in [-0.2, 0) is 0 Å². The van der Waals surface area contributed by atoms with Crippen LogP contribution in [0.5, 0.6) is 0 Å². The molecule has 3 rings (SSSR count). The smallest absolute Gasteiger partial charge is 0.0957 e. The highest BCUT2D eigenvalue weighted by atomic mass is 16.3. The Balaban J connectivity index is 1.73. The molecule has 4 heteroatoms. The average Bonchev–Trinajstić information content (AvgIpc) is 2.53. The first-order valence-electron chi connectivity index (χ1n) is 8.33. The monoisotopic (exact) mass is 289 g/mol. The van der Waals surface area contributed by atoms with Crippen LogP contribution in [0.3, 0.4) is 0 Å². The van der Waals surface area contributed by atoms with Gasteiger partial charge in [-0.3, -0.25) is 9.88 Å². The lowest BCUT2D eigenvalue weighted by Gasteiger charge is -2.48. The molecule has 0 amide bonds. The van der Waals surface area contributed by atoms with Crippen LogP contribution < -0.4 is 4.90 Å². The Morgan fingerprint density at radius 1 is 1.33 bits per heavy atom. The quantitative estimate of drug-likeness (QED) is 0.928. The Morgan fingerprint density at radius 3 is 2.90 bits per heavy atom. The molecular weight excluding hydrogens is 262 g/mol. The third kappa shape index (κ3) is 3.06. The summed E-state index contributed by atoms with van der Waals surface area (Å²) in [7, 11) is 0. The predicted octanol–water partition coefficient (Wildman–Crippen LogP) is 2.59. The molecule has 1 N–H and O–H groups in total. The summed E-state index contributed by atoms with van der Waals surface area (Å²) >= 11 is 0. The van der Waals surface area contributed by atoms with Crippen molar-refractivity contribution < 1.29 is 5.11 Å². The molecule has 4 nitrogen and oxygen atoms in total. The molecule has 2 aliphatic heterocycles. The molecule has 2 aliphatic rings. The number of piperidine rings is 1. The second-order valence-corrected chi connectivity index (χ2v) is 6.51. The topological polar surface area (TPSA) is 39.6 Å². The van der Waals surface area contributed by atoms with Gasteiger partial charge in [0.25, 0.3) is 0 Å². The molecular formula is C17H27N3O. The molecule has 0 aliphatic carbocycles. The molecule has 116 valence electrons. The standard InChI is InChI=1S/C17H27N3O/c1-3-17(21)16-8-7-14(10-18-16)20-12-15-6-4-5-9-19(15)11-13(20)2/h7-8,10,13,15,17,21H,3-6,9,11-12H2,1-2H3/t13?,15?,17-/m0/s1. The fourth-order valence-corrected chi connectivity index (χ4v) is 3.69. The maximum Gasteiger partial charge on any atom is 0.0957 e. The number of nitrogens with zero attached hydrogens (tertiary/aromatic N) is 3.